The van der Waals surface area contributed by atoms with Crippen molar-refractivity contribution in [3.63, 3.8) is 0 Å². The molecule has 0 amide bonds. The van der Waals surface area contributed by atoms with Crippen LogP contribution in [0, 0.1) is 0 Å². The zero-order valence-corrected chi connectivity index (χ0v) is 10.8. The van der Waals surface area contributed by atoms with Crippen molar-refractivity contribution in [3.05, 3.63) is 28.5 Å². The van der Waals surface area contributed by atoms with Gasteiger partial charge in [0, 0.05) is 29.1 Å². The van der Waals surface area contributed by atoms with Crippen molar-refractivity contribution in [1.29, 1.82) is 0 Å². The van der Waals surface area contributed by atoms with Gasteiger partial charge in [-0.25, -0.2) is 0 Å². The van der Waals surface area contributed by atoms with E-state index in [4.69, 9.17) is 11.6 Å². The molecule has 15 heavy (non-hydrogen) atoms. The molecule has 2 nitrogen and oxygen atoms in total. The van der Waals surface area contributed by atoms with E-state index in [1.165, 1.54) is 6.42 Å². The third kappa shape index (κ3) is 3.44. The average molecular weight is 290 g/mol. The molecule has 0 aromatic carbocycles. The number of rotatable bonds is 2. The van der Waals surface area contributed by atoms with Crippen LogP contribution < -0.4 is 0 Å². The molecule has 0 saturated carbocycles. The minimum atomic E-state index is 0.314. The molecule has 1 atom stereocenters. The van der Waals surface area contributed by atoms with Crippen molar-refractivity contribution in [2.24, 2.45) is 0 Å². The fourth-order valence-corrected chi connectivity index (χ4v) is 2.46. The molecule has 1 aromatic rings. The minimum Gasteiger partial charge on any atom is -0.296 e. The number of halogens is 2. The molecule has 2 heterocycles. The largest absolute Gasteiger partial charge is 0.296 e. The monoisotopic (exact) mass is 288 g/mol. The number of pyridine rings is 1. The van der Waals surface area contributed by atoms with Gasteiger partial charge >= 0.3 is 0 Å². The summed E-state index contributed by atoms with van der Waals surface area (Å²) < 4.78 is 1.03. The average Bonchev–Trinajstić information content (AvgIpc) is 2.22. The number of hydrogen-bond acceptors (Lipinski definition) is 2. The molecule has 1 unspecified atom stereocenters. The van der Waals surface area contributed by atoms with E-state index in [0.717, 1.165) is 36.2 Å². The van der Waals surface area contributed by atoms with Gasteiger partial charge in [0.25, 0.3) is 0 Å². The molecule has 0 bridgehead atoms. The summed E-state index contributed by atoms with van der Waals surface area (Å²) >= 11 is 9.52. The summed E-state index contributed by atoms with van der Waals surface area (Å²) in [7, 11) is 0. The van der Waals surface area contributed by atoms with Gasteiger partial charge < -0.3 is 0 Å². The lowest BCUT2D eigenvalue weighted by Gasteiger charge is -2.29. The maximum Gasteiger partial charge on any atom is 0.0544 e. The highest BCUT2D eigenvalue weighted by Crippen LogP contribution is 2.17. The van der Waals surface area contributed by atoms with Crippen LogP contribution in [-0.4, -0.2) is 28.4 Å². The number of piperidine rings is 1. The predicted octanol–water partition coefficient (Wildman–Crippen LogP) is 3.05. The van der Waals surface area contributed by atoms with E-state index in [-0.39, 0.29) is 0 Å². The first kappa shape index (κ1) is 11.4. The van der Waals surface area contributed by atoms with Crippen LogP contribution in [0.3, 0.4) is 0 Å². The normalized spacial score (nSPS) is 22.9. The Balaban J connectivity index is 1.93. The number of likely N-dealkylation sites (tertiary alicyclic amines) is 1. The van der Waals surface area contributed by atoms with E-state index in [9.17, 15) is 0 Å². The zero-order chi connectivity index (χ0) is 10.7. The second kappa shape index (κ2) is 5.28. The van der Waals surface area contributed by atoms with Gasteiger partial charge in [0.15, 0.2) is 0 Å². The highest BCUT2D eigenvalue weighted by molar-refractivity contribution is 9.10. The fraction of sp³-hybridized carbons (Fsp3) is 0.545. The maximum atomic E-state index is 6.13. The molecular weight excluding hydrogens is 275 g/mol. The molecule has 0 N–H and O–H groups in total. The molecule has 1 saturated heterocycles. The first-order valence-electron chi connectivity index (χ1n) is 5.21. The molecule has 1 aliphatic rings. The van der Waals surface area contributed by atoms with Crippen molar-refractivity contribution < 1.29 is 0 Å². The topological polar surface area (TPSA) is 16.1 Å². The second-order valence-corrected chi connectivity index (χ2v) is 5.48. The second-order valence-electron chi connectivity index (χ2n) is 3.94. The van der Waals surface area contributed by atoms with Crippen molar-refractivity contribution in [2.75, 3.05) is 13.1 Å². The summed E-state index contributed by atoms with van der Waals surface area (Å²) in [5, 5.41) is 0.314. The van der Waals surface area contributed by atoms with E-state index < -0.39 is 0 Å². The van der Waals surface area contributed by atoms with Gasteiger partial charge in [-0.3, -0.25) is 9.88 Å². The Morgan fingerprint density at radius 3 is 3.07 bits per heavy atom. The Hall–Kier alpha value is -0.120. The summed E-state index contributed by atoms with van der Waals surface area (Å²) in [6, 6.07) is 4.09. The molecule has 1 aromatic heterocycles. The van der Waals surface area contributed by atoms with E-state index in [2.05, 4.69) is 31.9 Å². The lowest BCUT2D eigenvalue weighted by atomic mass is 10.1. The number of nitrogens with zero attached hydrogens (tertiary/aromatic N) is 2. The van der Waals surface area contributed by atoms with Crippen molar-refractivity contribution in [1.82, 2.24) is 9.88 Å². The molecule has 2 rings (SSSR count). The van der Waals surface area contributed by atoms with Crippen LogP contribution in [0.4, 0.5) is 0 Å². The van der Waals surface area contributed by atoms with Crippen LogP contribution in [0.5, 0.6) is 0 Å². The number of alkyl halides is 1. The van der Waals surface area contributed by atoms with E-state index in [1.807, 2.05) is 12.3 Å². The maximum absolute atomic E-state index is 6.13. The Morgan fingerprint density at radius 2 is 2.40 bits per heavy atom. The first-order valence-corrected chi connectivity index (χ1v) is 6.44. The van der Waals surface area contributed by atoms with Gasteiger partial charge in [0.2, 0.25) is 0 Å². The first-order chi connectivity index (χ1) is 7.24. The summed E-state index contributed by atoms with van der Waals surface area (Å²) in [5.41, 5.74) is 1.11. The van der Waals surface area contributed by atoms with Crippen LogP contribution in [-0.2, 0) is 6.54 Å². The lowest BCUT2D eigenvalue weighted by molar-refractivity contribution is 0.221. The quantitative estimate of drug-likeness (QED) is 0.778. The molecule has 1 fully saturated rings. The molecule has 1 aliphatic heterocycles. The highest BCUT2D eigenvalue weighted by atomic mass is 79.9. The van der Waals surface area contributed by atoms with Gasteiger partial charge in [-0.1, -0.05) is 0 Å². The Bertz CT molecular complexity index is 315. The van der Waals surface area contributed by atoms with E-state index in [0.29, 0.717) is 5.38 Å². The van der Waals surface area contributed by atoms with Crippen molar-refractivity contribution in [2.45, 2.75) is 24.8 Å². The van der Waals surface area contributed by atoms with Gasteiger partial charge in [-0.2, -0.15) is 0 Å². The number of aromatic nitrogens is 1. The van der Waals surface area contributed by atoms with Crippen LogP contribution in [0.25, 0.3) is 0 Å². The molecular formula is C11H14BrClN2. The predicted molar refractivity (Wildman–Crippen MR) is 66.1 cm³/mol. The third-order valence-electron chi connectivity index (χ3n) is 2.62. The number of hydrogen-bond donors (Lipinski definition) is 0. The zero-order valence-electron chi connectivity index (χ0n) is 8.50. The van der Waals surface area contributed by atoms with Crippen LogP contribution in [0.2, 0.25) is 0 Å². The highest BCUT2D eigenvalue weighted by Gasteiger charge is 2.17. The van der Waals surface area contributed by atoms with Crippen molar-refractivity contribution in [3.8, 4) is 0 Å². The van der Waals surface area contributed by atoms with Gasteiger partial charge in [-0.15, -0.1) is 11.6 Å². The summed E-state index contributed by atoms with van der Waals surface area (Å²) in [4.78, 5) is 6.74. The van der Waals surface area contributed by atoms with Gasteiger partial charge in [0.1, 0.15) is 0 Å². The van der Waals surface area contributed by atoms with Gasteiger partial charge in [-0.05, 0) is 47.4 Å². The van der Waals surface area contributed by atoms with E-state index >= 15 is 0 Å². The Morgan fingerprint density at radius 1 is 1.53 bits per heavy atom. The van der Waals surface area contributed by atoms with Gasteiger partial charge in [0.05, 0.1) is 5.69 Å². The molecule has 0 radical (unpaired) electrons. The minimum absolute atomic E-state index is 0.314. The molecule has 82 valence electrons. The summed E-state index contributed by atoms with van der Waals surface area (Å²) in [5.74, 6) is 0. The Kier molecular flexibility index (Phi) is 4.00. The fourth-order valence-electron chi connectivity index (χ4n) is 1.87. The van der Waals surface area contributed by atoms with Crippen LogP contribution in [0.1, 0.15) is 18.5 Å². The summed E-state index contributed by atoms with van der Waals surface area (Å²) in [6.45, 7) is 3.04. The summed E-state index contributed by atoms with van der Waals surface area (Å²) in [6.07, 6.45) is 4.19. The lowest BCUT2D eigenvalue weighted by Crippen LogP contribution is -2.35. The van der Waals surface area contributed by atoms with Crippen LogP contribution >= 0.6 is 27.5 Å². The van der Waals surface area contributed by atoms with Crippen LogP contribution in [0.15, 0.2) is 22.8 Å². The standard InChI is InChI=1S/C11H14BrClN2/c12-9-3-4-11(14-6-9)8-15-5-1-2-10(13)7-15/h3-4,6,10H,1-2,5,7-8H2. The molecule has 0 aliphatic carbocycles. The van der Waals surface area contributed by atoms with E-state index in [1.54, 1.807) is 0 Å². The SMILES string of the molecule is ClC1CCCN(Cc2ccc(Br)cn2)C1. The molecule has 4 heteroatoms. The Labute approximate surface area is 104 Å². The smallest absolute Gasteiger partial charge is 0.0544 e. The van der Waals surface area contributed by atoms with Crippen molar-refractivity contribution >= 4 is 27.5 Å². The molecule has 0 spiro atoms. The third-order valence-corrected chi connectivity index (χ3v) is 3.45.